The third-order valence-corrected chi connectivity index (χ3v) is 3.61. The minimum Gasteiger partial charge on any atom is -0.334 e. The third kappa shape index (κ3) is 4.10. The highest BCUT2D eigenvalue weighted by Crippen LogP contribution is 2.17. The van der Waals surface area contributed by atoms with Crippen molar-refractivity contribution in [1.29, 1.82) is 0 Å². The van der Waals surface area contributed by atoms with Crippen molar-refractivity contribution < 1.29 is 4.79 Å². The molecule has 0 spiro atoms. The summed E-state index contributed by atoms with van der Waals surface area (Å²) in [5.41, 5.74) is 2.44. The Bertz CT molecular complexity index is 664. The van der Waals surface area contributed by atoms with Crippen molar-refractivity contribution in [3.05, 3.63) is 52.3 Å². The van der Waals surface area contributed by atoms with Crippen molar-refractivity contribution in [2.75, 3.05) is 6.54 Å². The van der Waals surface area contributed by atoms with E-state index in [1.54, 1.807) is 10.9 Å². The average molecular weight is 320 g/mol. The number of hydrogen-bond donors (Lipinski definition) is 0. The van der Waals surface area contributed by atoms with E-state index < -0.39 is 0 Å². The van der Waals surface area contributed by atoms with Crippen molar-refractivity contribution in [3.63, 3.8) is 0 Å². The second kappa shape index (κ2) is 6.97. The highest BCUT2D eigenvalue weighted by atomic mass is 35.5. The van der Waals surface area contributed by atoms with Crippen LogP contribution in [0.1, 0.15) is 35.5 Å². The quantitative estimate of drug-likeness (QED) is 0.843. The first-order valence-corrected chi connectivity index (χ1v) is 7.78. The number of amides is 1. The number of carbonyl (C=O) groups is 1. The van der Waals surface area contributed by atoms with Gasteiger partial charge in [0.25, 0.3) is 5.91 Å². The smallest absolute Gasteiger partial charge is 0.257 e. The first kappa shape index (κ1) is 16.6. The van der Waals surface area contributed by atoms with Crippen molar-refractivity contribution in [3.8, 4) is 0 Å². The molecule has 2 aromatic rings. The first-order chi connectivity index (χ1) is 10.4. The van der Waals surface area contributed by atoms with Crippen LogP contribution in [0.4, 0.5) is 0 Å². The van der Waals surface area contributed by atoms with Gasteiger partial charge in [-0.05, 0) is 30.5 Å². The van der Waals surface area contributed by atoms with Crippen molar-refractivity contribution >= 4 is 17.5 Å². The summed E-state index contributed by atoms with van der Waals surface area (Å²) in [5.74, 6) is 0.402. The zero-order valence-corrected chi connectivity index (χ0v) is 14.3. The molecule has 0 unspecified atom stereocenters. The zero-order valence-electron chi connectivity index (χ0n) is 13.5. The van der Waals surface area contributed by atoms with Gasteiger partial charge in [-0.3, -0.25) is 9.48 Å². The van der Waals surface area contributed by atoms with Gasteiger partial charge in [-0.25, -0.2) is 0 Å². The van der Waals surface area contributed by atoms with Crippen LogP contribution in [-0.2, 0) is 13.6 Å². The Balaban J connectivity index is 2.25. The Hall–Kier alpha value is -1.81. The van der Waals surface area contributed by atoms with E-state index in [9.17, 15) is 4.79 Å². The van der Waals surface area contributed by atoms with Crippen LogP contribution in [0.15, 0.2) is 30.5 Å². The van der Waals surface area contributed by atoms with E-state index in [0.717, 1.165) is 11.3 Å². The Labute approximate surface area is 136 Å². The van der Waals surface area contributed by atoms with Crippen molar-refractivity contribution in [1.82, 2.24) is 14.7 Å². The van der Waals surface area contributed by atoms with Gasteiger partial charge in [0.1, 0.15) is 0 Å². The molecule has 0 aliphatic rings. The van der Waals surface area contributed by atoms with Crippen LogP contribution in [0.2, 0.25) is 5.02 Å². The van der Waals surface area contributed by atoms with E-state index in [4.69, 9.17) is 11.6 Å². The number of hydrogen-bond acceptors (Lipinski definition) is 2. The lowest BCUT2D eigenvalue weighted by molar-refractivity contribution is 0.0722. The zero-order chi connectivity index (χ0) is 16.3. The molecule has 0 fully saturated rings. The van der Waals surface area contributed by atoms with Gasteiger partial charge in [-0.15, -0.1) is 0 Å². The summed E-state index contributed by atoms with van der Waals surface area (Å²) >= 11 is 6.04. The van der Waals surface area contributed by atoms with E-state index >= 15 is 0 Å². The summed E-state index contributed by atoms with van der Waals surface area (Å²) in [7, 11) is 1.83. The molecule has 0 aliphatic heterocycles. The fourth-order valence-corrected chi connectivity index (χ4v) is 2.71. The van der Waals surface area contributed by atoms with Crippen LogP contribution in [0.3, 0.4) is 0 Å². The molecule has 2 rings (SSSR count). The summed E-state index contributed by atoms with van der Waals surface area (Å²) in [6.45, 7) is 7.31. The molecule has 0 radical (unpaired) electrons. The normalized spacial score (nSPS) is 11.0. The Morgan fingerprint density at radius 3 is 2.68 bits per heavy atom. The maximum Gasteiger partial charge on any atom is 0.257 e. The summed E-state index contributed by atoms with van der Waals surface area (Å²) in [4.78, 5) is 14.7. The molecule has 1 heterocycles. The van der Waals surface area contributed by atoms with Crippen LogP contribution in [0, 0.1) is 12.8 Å². The van der Waals surface area contributed by atoms with E-state index in [1.165, 1.54) is 0 Å². The molecule has 0 bridgehead atoms. The van der Waals surface area contributed by atoms with E-state index in [0.29, 0.717) is 29.6 Å². The fourth-order valence-electron chi connectivity index (χ4n) is 2.50. The van der Waals surface area contributed by atoms with E-state index in [2.05, 4.69) is 18.9 Å². The van der Waals surface area contributed by atoms with Crippen LogP contribution >= 0.6 is 11.6 Å². The molecular weight excluding hydrogens is 298 g/mol. The van der Waals surface area contributed by atoms with Crippen molar-refractivity contribution in [2.24, 2.45) is 13.0 Å². The van der Waals surface area contributed by atoms with Crippen LogP contribution < -0.4 is 0 Å². The number of benzene rings is 1. The molecule has 0 aliphatic carbocycles. The summed E-state index contributed by atoms with van der Waals surface area (Å²) in [6, 6.07) is 7.64. The molecule has 0 atom stereocenters. The number of halogens is 1. The molecule has 118 valence electrons. The van der Waals surface area contributed by atoms with Crippen LogP contribution in [-0.4, -0.2) is 27.1 Å². The van der Waals surface area contributed by atoms with Gasteiger partial charge in [-0.1, -0.05) is 37.6 Å². The Kier molecular flexibility index (Phi) is 5.24. The minimum atomic E-state index is 0.0132. The number of aryl methyl sites for hydroxylation is 2. The van der Waals surface area contributed by atoms with Crippen LogP contribution in [0.25, 0.3) is 0 Å². The lowest BCUT2D eigenvalue weighted by Crippen LogP contribution is -2.34. The molecular formula is C17H22ClN3O. The van der Waals surface area contributed by atoms with Crippen LogP contribution in [0.5, 0.6) is 0 Å². The predicted molar refractivity (Wildman–Crippen MR) is 89.0 cm³/mol. The molecule has 5 heteroatoms. The number of nitrogens with zero attached hydrogens (tertiary/aromatic N) is 3. The largest absolute Gasteiger partial charge is 0.334 e. The van der Waals surface area contributed by atoms with E-state index in [-0.39, 0.29) is 5.91 Å². The second-order valence-electron chi connectivity index (χ2n) is 6.01. The Morgan fingerprint density at radius 1 is 1.41 bits per heavy atom. The van der Waals surface area contributed by atoms with Crippen molar-refractivity contribution in [2.45, 2.75) is 27.3 Å². The molecule has 1 amide bonds. The summed E-state index contributed by atoms with van der Waals surface area (Å²) in [6.07, 6.45) is 1.78. The molecule has 4 nitrogen and oxygen atoms in total. The van der Waals surface area contributed by atoms with Gasteiger partial charge < -0.3 is 4.90 Å². The molecule has 22 heavy (non-hydrogen) atoms. The Morgan fingerprint density at radius 2 is 2.14 bits per heavy atom. The highest BCUT2D eigenvalue weighted by Gasteiger charge is 2.21. The second-order valence-corrected chi connectivity index (χ2v) is 6.45. The molecule has 1 aromatic heterocycles. The molecule has 0 saturated carbocycles. The fraction of sp³-hybridized carbons (Fsp3) is 0.412. The number of rotatable bonds is 5. The monoisotopic (exact) mass is 319 g/mol. The van der Waals surface area contributed by atoms with Gasteiger partial charge in [-0.2, -0.15) is 5.10 Å². The van der Waals surface area contributed by atoms with Gasteiger partial charge in [0.15, 0.2) is 0 Å². The molecule has 0 saturated heterocycles. The van der Waals surface area contributed by atoms with E-state index in [1.807, 2.05) is 43.1 Å². The summed E-state index contributed by atoms with van der Waals surface area (Å²) < 4.78 is 1.68. The predicted octanol–water partition coefficient (Wildman–Crippen LogP) is 3.68. The van der Waals surface area contributed by atoms with Gasteiger partial charge in [0, 0.05) is 31.4 Å². The van der Waals surface area contributed by atoms with Gasteiger partial charge in [0.05, 0.1) is 11.3 Å². The average Bonchev–Trinajstić information content (AvgIpc) is 2.75. The SMILES string of the molecule is Cc1nn(C)cc1C(=O)N(Cc1cccc(Cl)c1)CC(C)C. The summed E-state index contributed by atoms with van der Waals surface area (Å²) in [5, 5.41) is 4.95. The molecule has 1 aromatic carbocycles. The lowest BCUT2D eigenvalue weighted by atomic mass is 10.1. The van der Waals surface area contributed by atoms with Gasteiger partial charge >= 0.3 is 0 Å². The maximum atomic E-state index is 12.8. The standard InChI is InChI=1S/C17H22ClN3O/c1-12(2)9-21(10-14-6-5-7-15(18)8-14)17(22)16-11-20(4)19-13(16)3/h5-8,11-12H,9-10H2,1-4H3. The lowest BCUT2D eigenvalue weighted by Gasteiger charge is -2.24. The third-order valence-electron chi connectivity index (χ3n) is 3.38. The number of carbonyl (C=O) groups excluding carboxylic acids is 1. The first-order valence-electron chi connectivity index (χ1n) is 7.40. The molecule has 0 N–H and O–H groups in total. The van der Waals surface area contributed by atoms with Gasteiger partial charge in [0.2, 0.25) is 0 Å². The topological polar surface area (TPSA) is 38.1 Å². The maximum absolute atomic E-state index is 12.8. The number of aromatic nitrogens is 2. The minimum absolute atomic E-state index is 0.0132. The highest BCUT2D eigenvalue weighted by molar-refractivity contribution is 6.30.